The summed E-state index contributed by atoms with van der Waals surface area (Å²) in [4.78, 5) is 0.102. The number of sulfonamides is 1. The van der Waals surface area contributed by atoms with Crippen molar-refractivity contribution in [3.8, 4) is 0 Å². The summed E-state index contributed by atoms with van der Waals surface area (Å²) in [6, 6.07) is -0.381. The van der Waals surface area contributed by atoms with Crippen LogP contribution in [0, 0.1) is 0 Å². The molecule has 6 nitrogen and oxygen atoms in total. The first kappa shape index (κ1) is 11.6. The third-order valence-electron chi connectivity index (χ3n) is 2.82. The maximum absolute atomic E-state index is 11.8. The SMILES string of the molecule is O=S(=O)(N[C@H]1CCCC[C@@H]1O)c1cn[nH]c1. The lowest BCUT2D eigenvalue weighted by Crippen LogP contribution is -2.44. The van der Waals surface area contributed by atoms with Crippen LogP contribution in [0.15, 0.2) is 17.3 Å². The van der Waals surface area contributed by atoms with E-state index in [1.165, 1.54) is 12.4 Å². The van der Waals surface area contributed by atoms with Crippen molar-refractivity contribution in [2.75, 3.05) is 0 Å². The first-order valence-electron chi connectivity index (χ1n) is 5.29. The van der Waals surface area contributed by atoms with E-state index < -0.39 is 16.1 Å². The van der Waals surface area contributed by atoms with Gasteiger partial charge in [0.1, 0.15) is 4.90 Å². The molecule has 0 unspecified atom stereocenters. The molecule has 0 aromatic carbocycles. The van der Waals surface area contributed by atoms with E-state index in [2.05, 4.69) is 14.9 Å². The fraction of sp³-hybridized carbons (Fsp3) is 0.667. The summed E-state index contributed by atoms with van der Waals surface area (Å²) in [7, 11) is -3.55. The highest BCUT2D eigenvalue weighted by Crippen LogP contribution is 2.20. The number of rotatable bonds is 3. The van der Waals surface area contributed by atoms with Crippen molar-refractivity contribution in [3.63, 3.8) is 0 Å². The third kappa shape index (κ3) is 2.42. The predicted molar refractivity (Wildman–Crippen MR) is 57.2 cm³/mol. The predicted octanol–water partition coefficient (Wildman–Crippen LogP) is -0.00850. The molecule has 2 atom stereocenters. The van der Waals surface area contributed by atoms with Crippen LogP contribution in [-0.2, 0) is 10.0 Å². The van der Waals surface area contributed by atoms with E-state index in [0.717, 1.165) is 12.8 Å². The van der Waals surface area contributed by atoms with Gasteiger partial charge in [0, 0.05) is 12.2 Å². The third-order valence-corrected chi connectivity index (χ3v) is 4.28. The molecule has 2 rings (SSSR count). The Labute approximate surface area is 94.1 Å². The molecule has 0 aliphatic heterocycles. The highest BCUT2D eigenvalue weighted by atomic mass is 32.2. The van der Waals surface area contributed by atoms with Crippen molar-refractivity contribution < 1.29 is 13.5 Å². The second-order valence-corrected chi connectivity index (χ2v) is 5.73. The molecule has 16 heavy (non-hydrogen) atoms. The van der Waals surface area contributed by atoms with E-state index in [9.17, 15) is 13.5 Å². The lowest BCUT2D eigenvalue weighted by Gasteiger charge is -2.27. The number of nitrogens with one attached hydrogen (secondary N) is 2. The number of aromatic amines is 1. The molecule has 0 amide bonds. The zero-order valence-corrected chi connectivity index (χ0v) is 9.57. The molecule has 90 valence electrons. The summed E-state index contributed by atoms with van der Waals surface area (Å²) in [6.45, 7) is 0. The van der Waals surface area contributed by atoms with Gasteiger partial charge in [0.25, 0.3) is 0 Å². The largest absolute Gasteiger partial charge is 0.391 e. The molecule has 1 heterocycles. The van der Waals surface area contributed by atoms with Crippen LogP contribution >= 0.6 is 0 Å². The van der Waals surface area contributed by atoms with Gasteiger partial charge < -0.3 is 5.11 Å². The number of aliphatic hydroxyl groups excluding tert-OH is 1. The standard InChI is InChI=1S/C9H15N3O3S/c13-9-4-2-1-3-8(9)12-16(14,15)7-5-10-11-6-7/h5-6,8-9,12-13H,1-4H2,(H,10,11)/t8-,9-/m0/s1. The number of hydrogen-bond acceptors (Lipinski definition) is 4. The summed E-state index contributed by atoms with van der Waals surface area (Å²) in [5, 5.41) is 15.7. The van der Waals surface area contributed by atoms with Gasteiger partial charge in [0.05, 0.1) is 12.3 Å². The zero-order chi connectivity index (χ0) is 11.6. The number of aliphatic hydroxyl groups is 1. The van der Waals surface area contributed by atoms with Gasteiger partial charge in [-0.2, -0.15) is 5.10 Å². The van der Waals surface area contributed by atoms with Gasteiger partial charge in [0.2, 0.25) is 10.0 Å². The summed E-state index contributed by atoms with van der Waals surface area (Å²) in [5.74, 6) is 0. The Morgan fingerprint density at radius 3 is 2.81 bits per heavy atom. The molecule has 0 radical (unpaired) electrons. The number of nitrogens with zero attached hydrogens (tertiary/aromatic N) is 1. The van der Waals surface area contributed by atoms with Crippen molar-refractivity contribution in [2.24, 2.45) is 0 Å². The summed E-state index contributed by atoms with van der Waals surface area (Å²) < 4.78 is 26.2. The van der Waals surface area contributed by atoms with Crippen LogP contribution in [-0.4, -0.2) is 35.9 Å². The van der Waals surface area contributed by atoms with E-state index in [-0.39, 0.29) is 10.9 Å². The zero-order valence-electron chi connectivity index (χ0n) is 8.76. The van der Waals surface area contributed by atoms with Crippen LogP contribution in [0.5, 0.6) is 0 Å². The minimum atomic E-state index is -3.55. The Morgan fingerprint density at radius 2 is 2.19 bits per heavy atom. The Morgan fingerprint density at radius 1 is 1.44 bits per heavy atom. The number of aromatic nitrogens is 2. The van der Waals surface area contributed by atoms with Crippen molar-refractivity contribution in [3.05, 3.63) is 12.4 Å². The van der Waals surface area contributed by atoms with Crippen molar-refractivity contribution in [2.45, 2.75) is 42.7 Å². The summed E-state index contributed by atoms with van der Waals surface area (Å²) in [5.41, 5.74) is 0. The van der Waals surface area contributed by atoms with Gasteiger partial charge in [-0.1, -0.05) is 12.8 Å². The highest BCUT2D eigenvalue weighted by Gasteiger charge is 2.28. The van der Waals surface area contributed by atoms with Gasteiger partial charge in [-0.25, -0.2) is 13.1 Å². The Bertz CT molecular complexity index is 429. The maximum Gasteiger partial charge on any atom is 0.244 e. The average molecular weight is 245 g/mol. The van der Waals surface area contributed by atoms with Gasteiger partial charge >= 0.3 is 0 Å². The van der Waals surface area contributed by atoms with E-state index in [0.29, 0.717) is 12.8 Å². The molecule has 1 saturated carbocycles. The van der Waals surface area contributed by atoms with Crippen LogP contribution in [0.1, 0.15) is 25.7 Å². The van der Waals surface area contributed by atoms with Crippen LogP contribution in [0.25, 0.3) is 0 Å². The lowest BCUT2D eigenvalue weighted by molar-refractivity contribution is 0.101. The van der Waals surface area contributed by atoms with Crippen molar-refractivity contribution in [1.29, 1.82) is 0 Å². The molecule has 1 aliphatic carbocycles. The van der Waals surface area contributed by atoms with Gasteiger partial charge in [-0.3, -0.25) is 5.10 Å². The topological polar surface area (TPSA) is 95.1 Å². The van der Waals surface area contributed by atoms with E-state index in [1.807, 2.05) is 0 Å². The molecule has 1 aromatic rings. The van der Waals surface area contributed by atoms with E-state index in [1.54, 1.807) is 0 Å². The molecule has 7 heteroatoms. The second kappa shape index (κ2) is 4.52. The minimum Gasteiger partial charge on any atom is -0.391 e. The van der Waals surface area contributed by atoms with Crippen LogP contribution in [0.4, 0.5) is 0 Å². The molecule has 1 fully saturated rings. The maximum atomic E-state index is 11.8. The van der Waals surface area contributed by atoms with Crippen molar-refractivity contribution >= 4 is 10.0 Å². The Kier molecular flexibility index (Phi) is 3.27. The smallest absolute Gasteiger partial charge is 0.244 e. The molecular weight excluding hydrogens is 230 g/mol. The van der Waals surface area contributed by atoms with E-state index in [4.69, 9.17) is 0 Å². The van der Waals surface area contributed by atoms with Crippen LogP contribution in [0.3, 0.4) is 0 Å². The van der Waals surface area contributed by atoms with Crippen molar-refractivity contribution in [1.82, 2.24) is 14.9 Å². The number of hydrogen-bond donors (Lipinski definition) is 3. The minimum absolute atomic E-state index is 0.102. The van der Waals surface area contributed by atoms with Crippen LogP contribution in [0.2, 0.25) is 0 Å². The first-order valence-corrected chi connectivity index (χ1v) is 6.77. The quantitative estimate of drug-likeness (QED) is 0.698. The molecule has 0 spiro atoms. The molecule has 3 N–H and O–H groups in total. The summed E-state index contributed by atoms with van der Waals surface area (Å²) >= 11 is 0. The van der Waals surface area contributed by atoms with Gasteiger partial charge in [-0.05, 0) is 12.8 Å². The Hall–Kier alpha value is -0.920. The first-order chi connectivity index (χ1) is 7.59. The van der Waals surface area contributed by atoms with Gasteiger partial charge in [-0.15, -0.1) is 0 Å². The van der Waals surface area contributed by atoms with Gasteiger partial charge in [0.15, 0.2) is 0 Å². The molecule has 1 aliphatic rings. The normalized spacial score (nSPS) is 26.8. The lowest BCUT2D eigenvalue weighted by atomic mass is 9.93. The fourth-order valence-corrected chi connectivity index (χ4v) is 3.11. The highest BCUT2D eigenvalue weighted by molar-refractivity contribution is 7.89. The number of H-pyrrole nitrogens is 1. The average Bonchev–Trinajstić information content (AvgIpc) is 2.75. The second-order valence-electron chi connectivity index (χ2n) is 4.01. The molecule has 0 saturated heterocycles. The summed E-state index contributed by atoms with van der Waals surface area (Å²) in [6.07, 6.45) is 5.20. The molecule has 1 aromatic heterocycles. The molecular formula is C9H15N3O3S. The Balaban J connectivity index is 2.09. The van der Waals surface area contributed by atoms with E-state index >= 15 is 0 Å². The van der Waals surface area contributed by atoms with Crippen LogP contribution < -0.4 is 4.72 Å². The molecule has 0 bridgehead atoms. The monoisotopic (exact) mass is 245 g/mol. The fourth-order valence-electron chi connectivity index (χ4n) is 1.90.